The van der Waals surface area contributed by atoms with Crippen molar-refractivity contribution in [1.82, 2.24) is 0 Å². The Morgan fingerprint density at radius 1 is 0.792 bits per heavy atom. The van der Waals surface area contributed by atoms with E-state index in [-0.39, 0.29) is 18.3 Å². The van der Waals surface area contributed by atoms with E-state index < -0.39 is 0 Å². The van der Waals surface area contributed by atoms with Crippen LogP contribution in [0.15, 0.2) is 54.6 Å². The minimum absolute atomic E-state index is 0.322. The van der Waals surface area contributed by atoms with Crippen LogP contribution < -0.4 is 5.46 Å². The van der Waals surface area contributed by atoms with Gasteiger partial charge in [-0.3, -0.25) is 0 Å². The van der Waals surface area contributed by atoms with E-state index in [1.807, 2.05) is 30.3 Å². The Morgan fingerprint density at radius 3 is 2.04 bits per heavy atom. The second-order valence-electron chi connectivity index (χ2n) is 7.31. The topological polar surface area (TPSA) is 27.7 Å². The van der Waals surface area contributed by atoms with Crippen LogP contribution in [-0.4, -0.2) is 18.3 Å². The molecule has 2 aromatic rings. The standard InChI is InChI=1S/C20H25BO3/c1-19(2)20(3,4)24-21(23-19)18-12-8-11-17(13-18)15-22-14-16-9-6-5-7-10-16/h5-13H,14-15H2,1-4H3. The average Bonchev–Trinajstić information content (AvgIpc) is 2.77. The summed E-state index contributed by atoms with van der Waals surface area (Å²) in [5, 5.41) is 0. The quantitative estimate of drug-likeness (QED) is 0.785. The summed E-state index contributed by atoms with van der Waals surface area (Å²) in [5.74, 6) is 0. The average molecular weight is 324 g/mol. The molecule has 1 heterocycles. The van der Waals surface area contributed by atoms with Crippen LogP contribution in [0.4, 0.5) is 0 Å². The summed E-state index contributed by atoms with van der Waals surface area (Å²) in [6.45, 7) is 9.46. The van der Waals surface area contributed by atoms with E-state index >= 15 is 0 Å². The molecule has 0 spiro atoms. The molecular formula is C20H25BO3. The van der Waals surface area contributed by atoms with Crippen LogP contribution in [0.25, 0.3) is 0 Å². The zero-order chi connectivity index (χ0) is 17.2. The summed E-state index contributed by atoms with van der Waals surface area (Å²) in [5.41, 5.74) is 2.70. The maximum Gasteiger partial charge on any atom is 0.494 e. The lowest BCUT2D eigenvalue weighted by Crippen LogP contribution is -2.41. The number of hydrogen-bond acceptors (Lipinski definition) is 3. The lowest BCUT2D eigenvalue weighted by Gasteiger charge is -2.32. The molecule has 4 heteroatoms. The lowest BCUT2D eigenvalue weighted by molar-refractivity contribution is 0.00578. The molecular weight excluding hydrogens is 299 g/mol. The van der Waals surface area contributed by atoms with Crippen LogP contribution in [0.5, 0.6) is 0 Å². The number of hydrogen-bond donors (Lipinski definition) is 0. The molecule has 3 nitrogen and oxygen atoms in total. The van der Waals surface area contributed by atoms with Crippen LogP contribution in [0.3, 0.4) is 0 Å². The van der Waals surface area contributed by atoms with Gasteiger partial charge in [-0.15, -0.1) is 0 Å². The fraction of sp³-hybridized carbons (Fsp3) is 0.400. The first-order chi connectivity index (χ1) is 11.4. The SMILES string of the molecule is CC1(C)OB(c2cccc(COCc3ccccc3)c2)OC1(C)C. The van der Waals surface area contributed by atoms with Gasteiger partial charge in [0.2, 0.25) is 0 Å². The van der Waals surface area contributed by atoms with E-state index in [0.717, 1.165) is 11.0 Å². The first-order valence-electron chi connectivity index (χ1n) is 8.43. The molecule has 0 atom stereocenters. The maximum atomic E-state index is 6.12. The van der Waals surface area contributed by atoms with Gasteiger partial charge in [-0.25, -0.2) is 0 Å². The van der Waals surface area contributed by atoms with Crippen molar-refractivity contribution in [2.75, 3.05) is 0 Å². The van der Waals surface area contributed by atoms with Crippen molar-refractivity contribution in [1.29, 1.82) is 0 Å². The predicted octanol–water partition coefficient (Wildman–Crippen LogP) is 3.70. The molecule has 0 N–H and O–H groups in total. The zero-order valence-electron chi connectivity index (χ0n) is 14.9. The van der Waals surface area contributed by atoms with Crippen molar-refractivity contribution in [3.05, 3.63) is 65.7 Å². The summed E-state index contributed by atoms with van der Waals surface area (Å²) in [7, 11) is -0.330. The number of ether oxygens (including phenoxy) is 1. The third kappa shape index (κ3) is 3.72. The zero-order valence-corrected chi connectivity index (χ0v) is 14.9. The first kappa shape index (κ1) is 17.2. The van der Waals surface area contributed by atoms with E-state index in [2.05, 4.69) is 52.0 Å². The molecule has 1 fully saturated rings. The van der Waals surface area contributed by atoms with Crippen molar-refractivity contribution in [3.8, 4) is 0 Å². The lowest BCUT2D eigenvalue weighted by atomic mass is 9.78. The van der Waals surface area contributed by atoms with Crippen molar-refractivity contribution >= 4 is 12.6 Å². The monoisotopic (exact) mass is 324 g/mol. The maximum absolute atomic E-state index is 6.12. The molecule has 3 rings (SSSR count). The first-order valence-corrected chi connectivity index (χ1v) is 8.43. The third-order valence-corrected chi connectivity index (χ3v) is 4.86. The van der Waals surface area contributed by atoms with E-state index in [0.29, 0.717) is 13.2 Å². The third-order valence-electron chi connectivity index (χ3n) is 4.86. The van der Waals surface area contributed by atoms with Crippen molar-refractivity contribution in [3.63, 3.8) is 0 Å². The Kier molecular flexibility index (Phi) is 4.82. The van der Waals surface area contributed by atoms with Crippen LogP contribution in [0.2, 0.25) is 0 Å². The van der Waals surface area contributed by atoms with Crippen molar-refractivity contribution in [2.45, 2.75) is 52.1 Å². The highest BCUT2D eigenvalue weighted by Crippen LogP contribution is 2.36. The van der Waals surface area contributed by atoms with Gasteiger partial charge in [-0.2, -0.15) is 0 Å². The van der Waals surface area contributed by atoms with Gasteiger partial charge in [-0.1, -0.05) is 54.6 Å². The van der Waals surface area contributed by atoms with Crippen LogP contribution in [-0.2, 0) is 27.3 Å². The fourth-order valence-electron chi connectivity index (χ4n) is 2.67. The van der Waals surface area contributed by atoms with Gasteiger partial charge < -0.3 is 14.0 Å². The van der Waals surface area contributed by atoms with Crippen molar-refractivity contribution < 1.29 is 14.0 Å². The predicted molar refractivity (Wildman–Crippen MR) is 97.1 cm³/mol. The highest BCUT2D eigenvalue weighted by Gasteiger charge is 2.51. The molecule has 0 aromatic heterocycles. The molecule has 1 aliphatic rings. The van der Waals surface area contributed by atoms with Gasteiger partial charge in [-0.05, 0) is 44.3 Å². The summed E-state index contributed by atoms with van der Waals surface area (Å²) in [6, 6.07) is 18.5. The fourth-order valence-corrected chi connectivity index (χ4v) is 2.67. The second-order valence-corrected chi connectivity index (χ2v) is 7.31. The summed E-state index contributed by atoms with van der Waals surface area (Å²) < 4.78 is 18.1. The highest BCUT2D eigenvalue weighted by atomic mass is 16.7. The van der Waals surface area contributed by atoms with Crippen LogP contribution in [0.1, 0.15) is 38.8 Å². The molecule has 24 heavy (non-hydrogen) atoms. The van der Waals surface area contributed by atoms with E-state index in [4.69, 9.17) is 14.0 Å². The molecule has 0 unspecified atom stereocenters. The Bertz CT molecular complexity index is 666. The molecule has 1 saturated heterocycles. The van der Waals surface area contributed by atoms with Crippen LogP contribution >= 0.6 is 0 Å². The summed E-state index contributed by atoms with van der Waals surface area (Å²) in [4.78, 5) is 0. The molecule has 1 aliphatic heterocycles. The second kappa shape index (κ2) is 6.71. The van der Waals surface area contributed by atoms with E-state index in [1.54, 1.807) is 0 Å². The summed E-state index contributed by atoms with van der Waals surface area (Å²) >= 11 is 0. The van der Waals surface area contributed by atoms with Crippen molar-refractivity contribution in [2.24, 2.45) is 0 Å². The smallest absolute Gasteiger partial charge is 0.399 e. The number of rotatable bonds is 5. The minimum Gasteiger partial charge on any atom is -0.399 e. The van der Waals surface area contributed by atoms with Gasteiger partial charge in [0.15, 0.2) is 0 Å². The molecule has 126 valence electrons. The molecule has 0 radical (unpaired) electrons. The van der Waals surface area contributed by atoms with E-state index in [9.17, 15) is 0 Å². The normalized spacial score (nSPS) is 18.8. The van der Waals surface area contributed by atoms with Gasteiger partial charge in [0.05, 0.1) is 24.4 Å². The van der Waals surface area contributed by atoms with Crippen LogP contribution in [0, 0.1) is 0 Å². The molecule has 0 bridgehead atoms. The molecule has 0 aliphatic carbocycles. The van der Waals surface area contributed by atoms with Gasteiger partial charge in [0, 0.05) is 0 Å². The Morgan fingerprint density at radius 2 is 1.38 bits per heavy atom. The molecule has 0 saturated carbocycles. The summed E-state index contributed by atoms with van der Waals surface area (Å²) in [6.07, 6.45) is 0. The molecule has 0 amide bonds. The van der Waals surface area contributed by atoms with E-state index in [1.165, 1.54) is 5.56 Å². The Hall–Kier alpha value is -1.62. The highest BCUT2D eigenvalue weighted by molar-refractivity contribution is 6.62. The Balaban J connectivity index is 1.63. The molecule has 2 aromatic carbocycles. The van der Waals surface area contributed by atoms with Gasteiger partial charge in [0.25, 0.3) is 0 Å². The van der Waals surface area contributed by atoms with Gasteiger partial charge >= 0.3 is 7.12 Å². The number of benzene rings is 2. The van der Waals surface area contributed by atoms with Gasteiger partial charge in [0.1, 0.15) is 0 Å². The minimum atomic E-state index is -0.330. The Labute approximate surface area is 145 Å². The largest absolute Gasteiger partial charge is 0.494 e.